The van der Waals surface area contributed by atoms with E-state index < -0.39 is 10.0 Å². The van der Waals surface area contributed by atoms with Gasteiger partial charge >= 0.3 is 0 Å². The molecule has 0 spiro atoms. The lowest BCUT2D eigenvalue weighted by Gasteiger charge is -2.09. The summed E-state index contributed by atoms with van der Waals surface area (Å²) >= 11 is 16.3. The van der Waals surface area contributed by atoms with Gasteiger partial charge in [0.1, 0.15) is 0 Å². The Morgan fingerprint density at radius 3 is 2.42 bits per heavy atom. The highest BCUT2D eigenvalue weighted by Gasteiger charge is 2.13. The SMILES string of the molecule is CS(=O)(=O)N(Cl)CC(Cl)=CCCl. The summed E-state index contributed by atoms with van der Waals surface area (Å²) in [6.45, 7) is -0.0608. The van der Waals surface area contributed by atoms with Crippen molar-refractivity contribution in [3.8, 4) is 0 Å². The summed E-state index contributed by atoms with van der Waals surface area (Å²) in [5.74, 6) is 0.229. The molecule has 0 amide bonds. The van der Waals surface area contributed by atoms with E-state index in [4.69, 9.17) is 35.0 Å². The average molecular weight is 253 g/mol. The normalized spacial score (nSPS) is 13.9. The third-order valence-corrected chi connectivity index (χ3v) is 3.08. The quantitative estimate of drug-likeness (QED) is 0.565. The van der Waals surface area contributed by atoms with Crippen molar-refractivity contribution in [2.45, 2.75) is 0 Å². The van der Waals surface area contributed by atoms with Gasteiger partial charge in [0.25, 0.3) is 0 Å². The van der Waals surface area contributed by atoms with Crippen molar-refractivity contribution in [3.05, 3.63) is 11.1 Å². The molecule has 0 atom stereocenters. The first-order valence-corrected chi connectivity index (χ1v) is 6.01. The van der Waals surface area contributed by atoms with Gasteiger partial charge in [-0.15, -0.1) is 15.4 Å². The maximum atomic E-state index is 10.7. The molecule has 0 rings (SSSR count). The van der Waals surface area contributed by atoms with E-state index in [-0.39, 0.29) is 12.4 Å². The second-order valence-electron chi connectivity index (χ2n) is 2.01. The van der Waals surface area contributed by atoms with Crippen molar-refractivity contribution in [1.29, 1.82) is 0 Å². The summed E-state index contributed by atoms with van der Waals surface area (Å²) in [6, 6.07) is 0. The number of nitrogens with zero attached hydrogens (tertiary/aromatic N) is 1. The molecule has 0 aromatic heterocycles. The lowest BCUT2D eigenvalue weighted by atomic mass is 10.5. The van der Waals surface area contributed by atoms with Gasteiger partial charge in [-0.1, -0.05) is 17.7 Å². The molecule has 0 fully saturated rings. The maximum Gasteiger partial charge on any atom is 0.224 e. The van der Waals surface area contributed by atoms with Crippen molar-refractivity contribution < 1.29 is 8.42 Å². The molecule has 72 valence electrons. The van der Waals surface area contributed by atoms with Gasteiger partial charge in [-0.25, -0.2) is 8.42 Å². The molecule has 0 saturated carbocycles. The molecular formula is C5H8Cl3NO2S. The highest BCUT2D eigenvalue weighted by atomic mass is 35.5. The minimum Gasteiger partial charge on any atom is -0.211 e. The molecule has 0 heterocycles. The monoisotopic (exact) mass is 251 g/mol. The van der Waals surface area contributed by atoms with E-state index in [2.05, 4.69) is 0 Å². The Labute approximate surface area is 87.1 Å². The number of allylic oxidation sites excluding steroid dienone is 1. The van der Waals surface area contributed by atoms with Crippen molar-refractivity contribution in [2.75, 3.05) is 18.7 Å². The molecule has 0 unspecified atom stereocenters. The summed E-state index contributed by atoms with van der Waals surface area (Å²) in [4.78, 5) is 0. The molecule has 0 aliphatic carbocycles. The number of alkyl halides is 1. The fraction of sp³-hybridized carbons (Fsp3) is 0.600. The Kier molecular flexibility index (Phi) is 5.52. The fourth-order valence-electron chi connectivity index (χ4n) is 0.384. The second kappa shape index (κ2) is 5.29. The first-order chi connectivity index (χ1) is 5.38. The molecule has 3 nitrogen and oxygen atoms in total. The lowest BCUT2D eigenvalue weighted by Crippen LogP contribution is -2.21. The Hall–Kier alpha value is 0.520. The molecule has 12 heavy (non-hydrogen) atoms. The molecule has 0 aliphatic rings. The van der Waals surface area contributed by atoms with Crippen LogP contribution in [-0.4, -0.2) is 30.9 Å². The molecular weight excluding hydrogens is 244 g/mol. The van der Waals surface area contributed by atoms with Crippen LogP contribution in [0, 0.1) is 0 Å². The predicted octanol–water partition coefficient (Wildman–Crippen LogP) is 1.76. The van der Waals surface area contributed by atoms with Gasteiger partial charge in [0.05, 0.1) is 12.8 Å². The Morgan fingerprint density at radius 2 is 2.08 bits per heavy atom. The van der Waals surface area contributed by atoms with Gasteiger partial charge in [-0.2, -0.15) is 0 Å². The van der Waals surface area contributed by atoms with Gasteiger partial charge in [-0.3, -0.25) is 0 Å². The minimum absolute atomic E-state index is 0.0608. The zero-order valence-electron chi connectivity index (χ0n) is 6.30. The summed E-state index contributed by atoms with van der Waals surface area (Å²) in [6.07, 6.45) is 2.47. The summed E-state index contributed by atoms with van der Waals surface area (Å²) in [7, 11) is -3.39. The van der Waals surface area contributed by atoms with E-state index in [0.29, 0.717) is 8.86 Å². The highest BCUT2D eigenvalue weighted by Crippen LogP contribution is 2.10. The van der Waals surface area contributed by atoms with Crippen LogP contribution >= 0.6 is 35.0 Å². The predicted molar refractivity (Wildman–Crippen MR) is 52.1 cm³/mol. The van der Waals surface area contributed by atoms with Gasteiger partial charge in [-0.05, 0) is 11.8 Å². The van der Waals surface area contributed by atoms with Crippen molar-refractivity contribution in [1.82, 2.24) is 3.82 Å². The standard InChI is InChI=1S/C5H8Cl3NO2S/c1-12(10,11)9(8)4-5(7)2-3-6/h2H,3-4H2,1H3. The molecule has 0 bridgehead atoms. The van der Waals surface area contributed by atoms with Crippen LogP contribution in [0.4, 0.5) is 0 Å². The Balaban J connectivity index is 4.20. The van der Waals surface area contributed by atoms with Crippen LogP contribution in [0.15, 0.2) is 11.1 Å². The van der Waals surface area contributed by atoms with E-state index in [9.17, 15) is 8.42 Å². The van der Waals surface area contributed by atoms with Crippen molar-refractivity contribution >= 4 is 45.0 Å². The number of rotatable bonds is 4. The second-order valence-corrected chi connectivity index (χ2v) is 5.32. The molecule has 0 aromatic carbocycles. The van der Waals surface area contributed by atoms with Gasteiger partial charge in [0, 0.05) is 10.9 Å². The lowest BCUT2D eigenvalue weighted by molar-refractivity contribution is 0.557. The smallest absolute Gasteiger partial charge is 0.211 e. The first kappa shape index (κ1) is 12.5. The van der Waals surface area contributed by atoms with Gasteiger partial charge in [0.15, 0.2) is 0 Å². The van der Waals surface area contributed by atoms with E-state index in [0.717, 1.165) is 6.26 Å². The first-order valence-electron chi connectivity index (χ1n) is 2.92. The number of hydrogen-bond acceptors (Lipinski definition) is 2. The number of sulfonamides is 1. The van der Waals surface area contributed by atoms with Gasteiger partial charge in [0.2, 0.25) is 10.0 Å². The molecule has 7 heteroatoms. The third kappa shape index (κ3) is 5.22. The van der Waals surface area contributed by atoms with E-state index in [1.807, 2.05) is 0 Å². The van der Waals surface area contributed by atoms with Crippen LogP contribution < -0.4 is 0 Å². The summed E-state index contributed by atoms with van der Waals surface area (Å²) in [5, 5.41) is 0.297. The highest BCUT2D eigenvalue weighted by molar-refractivity contribution is 7.89. The van der Waals surface area contributed by atoms with Crippen LogP contribution in [-0.2, 0) is 10.0 Å². The zero-order chi connectivity index (χ0) is 9.78. The Morgan fingerprint density at radius 1 is 1.58 bits per heavy atom. The van der Waals surface area contributed by atoms with Crippen LogP contribution in [0.3, 0.4) is 0 Å². The minimum atomic E-state index is -3.39. The topological polar surface area (TPSA) is 37.4 Å². The molecule has 0 aromatic rings. The summed E-state index contributed by atoms with van der Waals surface area (Å²) < 4.78 is 22.1. The maximum absolute atomic E-state index is 10.7. The van der Waals surface area contributed by atoms with E-state index >= 15 is 0 Å². The van der Waals surface area contributed by atoms with Crippen LogP contribution in [0.25, 0.3) is 0 Å². The van der Waals surface area contributed by atoms with Crippen molar-refractivity contribution in [3.63, 3.8) is 0 Å². The molecule has 0 saturated heterocycles. The van der Waals surface area contributed by atoms with E-state index in [1.54, 1.807) is 0 Å². The molecule has 0 N–H and O–H groups in total. The number of halogens is 3. The van der Waals surface area contributed by atoms with Gasteiger partial charge < -0.3 is 0 Å². The fourth-order valence-corrected chi connectivity index (χ4v) is 1.48. The molecule has 0 radical (unpaired) electrons. The van der Waals surface area contributed by atoms with Crippen LogP contribution in [0.1, 0.15) is 0 Å². The largest absolute Gasteiger partial charge is 0.224 e. The summed E-state index contributed by atoms with van der Waals surface area (Å²) in [5.41, 5.74) is 0. The average Bonchev–Trinajstić information content (AvgIpc) is 1.85. The van der Waals surface area contributed by atoms with Crippen LogP contribution in [0.2, 0.25) is 0 Å². The zero-order valence-corrected chi connectivity index (χ0v) is 9.38. The number of hydrogen-bond donors (Lipinski definition) is 0. The molecule has 0 aliphatic heterocycles. The van der Waals surface area contributed by atoms with Crippen LogP contribution in [0.5, 0.6) is 0 Å². The third-order valence-electron chi connectivity index (χ3n) is 0.934. The Bertz CT molecular complexity index is 262. The van der Waals surface area contributed by atoms with E-state index in [1.165, 1.54) is 6.08 Å². The van der Waals surface area contributed by atoms with Crippen molar-refractivity contribution in [2.24, 2.45) is 0 Å².